The number of allylic oxidation sites excluding steroid dienone is 1. The van der Waals surface area contributed by atoms with E-state index in [2.05, 4.69) is 30.1 Å². The molecule has 0 aromatic carbocycles. The van der Waals surface area contributed by atoms with Crippen molar-refractivity contribution in [1.82, 2.24) is 4.72 Å². The van der Waals surface area contributed by atoms with Crippen molar-refractivity contribution in [2.45, 2.75) is 20.3 Å². The van der Waals surface area contributed by atoms with E-state index in [9.17, 15) is 0 Å². The fraction of sp³-hybridized carbons (Fsp3) is 0.714. The Balaban J connectivity index is 3.20. The molecule has 1 atom stereocenters. The molecule has 1 N–H and O–H groups in total. The average Bonchev–Trinajstić information content (AvgIpc) is 1.89. The highest BCUT2D eigenvalue weighted by molar-refractivity contribution is 8.00. The van der Waals surface area contributed by atoms with Crippen LogP contribution in [0.15, 0.2) is 11.5 Å². The van der Waals surface area contributed by atoms with Gasteiger partial charge in [0.15, 0.2) is 0 Å². The molecule has 54 valence electrons. The molecule has 0 aliphatic carbocycles. The lowest BCUT2D eigenvalue weighted by Gasteiger charge is -1.97. The summed E-state index contributed by atoms with van der Waals surface area (Å²) in [5, 5.41) is 2.09. The van der Waals surface area contributed by atoms with Gasteiger partial charge in [-0.1, -0.05) is 38.3 Å². The fourth-order valence-electron chi connectivity index (χ4n) is 0.378. The van der Waals surface area contributed by atoms with E-state index in [1.54, 1.807) is 11.9 Å². The topological polar surface area (TPSA) is 12.0 Å². The van der Waals surface area contributed by atoms with Crippen LogP contribution in [0.4, 0.5) is 0 Å². The van der Waals surface area contributed by atoms with Crippen molar-refractivity contribution >= 4 is 11.9 Å². The zero-order valence-corrected chi connectivity index (χ0v) is 7.16. The highest BCUT2D eigenvalue weighted by Gasteiger charge is 1.88. The number of hydrogen-bond donors (Lipinski definition) is 1. The molecule has 0 aliphatic heterocycles. The second-order valence-corrected chi connectivity index (χ2v) is 2.95. The van der Waals surface area contributed by atoms with Crippen molar-refractivity contribution in [2.24, 2.45) is 5.92 Å². The molecule has 0 aromatic heterocycles. The molecule has 0 amide bonds. The normalized spacial score (nSPS) is 14.6. The van der Waals surface area contributed by atoms with Gasteiger partial charge in [-0.15, -0.1) is 0 Å². The molecule has 0 heterocycles. The number of hydrogen-bond acceptors (Lipinski definition) is 2. The van der Waals surface area contributed by atoms with Crippen molar-refractivity contribution in [3.05, 3.63) is 11.5 Å². The van der Waals surface area contributed by atoms with Crippen LogP contribution in [0.3, 0.4) is 0 Å². The zero-order chi connectivity index (χ0) is 7.11. The molecule has 0 saturated carbocycles. The molecule has 0 radical (unpaired) electrons. The molecule has 0 saturated heterocycles. The fourth-order valence-corrected chi connectivity index (χ4v) is 0.860. The minimum absolute atomic E-state index is 0.714. The zero-order valence-electron chi connectivity index (χ0n) is 6.35. The highest BCUT2D eigenvalue weighted by atomic mass is 32.2. The summed E-state index contributed by atoms with van der Waals surface area (Å²) < 4.78 is 2.98. The first-order valence-corrected chi connectivity index (χ1v) is 4.18. The minimum atomic E-state index is 0.714. The number of nitrogens with one attached hydrogen (secondary N) is 1. The summed E-state index contributed by atoms with van der Waals surface area (Å²) in [6.07, 6.45) is 3.43. The van der Waals surface area contributed by atoms with Crippen LogP contribution in [0.25, 0.3) is 0 Å². The van der Waals surface area contributed by atoms with Crippen molar-refractivity contribution in [1.29, 1.82) is 0 Å². The standard InChI is InChI=1S/C7H15NS/c1-4-7(2)5-6-9-8-3/h5-8H,4H2,1-3H3/b6-5-. The molecule has 1 nitrogen and oxygen atoms in total. The molecule has 2 heteroatoms. The lowest BCUT2D eigenvalue weighted by atomic mass is 10.1. The van der Waals surface area contributed by atoms with Crippen molar-refractivity contribution in [2.75, 3.05) is 7.05 Å². The van der Waals surface area contributed by atoms with Gasteiger partial charge in [0.1, 0.15) is 0 Å². The molecular weight excluding hydrogens is 130 g/mol. The molecule has 0 spiro atoms. The van der Waals surface area contributed by atoms with E-state index >= 15 is 0 Å². The van der Waals surface area contributed by atoms with Gasteiger partial charge < -0.3 is 0 Å². The number of rotatable bonds is 4. The van der Waals surface area contributed by atoms with E-state index < -0.39 is 0 Å². The summed E-state index contributed by atoms with van der Waals surface area (Å²) in [6.45, 7) is 4.41. The van der Waals surface area contributed by atoms with Gasteiger partial charge in [0.25, 0.3) is 0 Å². The maximum Gasteiger partial charge on any atom is -0.00533 e. The minimum Gasteiger partial charge on any atom is -0.264 e. The highest BCUT2D eigenvalue weighted by Crippen LogP contribution is 2.04. The Bertz CT molecular complexity index is 81.0. The van der Waals surface area contributed by atoms with E-state index in [0.717, 1.165) is 0 Å². The third-order valence-electron chi connectivity index (χ3n) is 1.24. The molecular formula is C7H15NS. The van der Waals surface area contributed by atoms with Crippen LogP contribution in [0.5, 0.6) is 0 Å². The first-order valence-electron chi connectivity index (χ1n) is 3.30. The summed E-state index contributed by atoms with van der Waals surface area (Å²) in [5.74, 6) is 0.714. The van der Waals surface area contributed by atoms with E-state index in [1.807, 2.05) is 7.05 Å². The lowest BCUT2D eigenvalue weighted by molar-refractivity contribution is 0.699. The predicted molar refractivity (Wildman–Crippen MR) is 45.2 cm³/mol. The molecule has 0 bridgehead atoms. The Morgan fingerprint density at radius 1 is 1.67 bits per heavy atom. The van der Waals surface area contributed by atoms with E-state index in [4.69, 9.17) is 0 Å². The second-order valence-electron chi connectivity index (χ2n) is 2.04. The monoisotopic (exact) mass is 145 g/mol. The summed E-state index contributed by atoms with van der Waals surface area (Å²) in [7, 11) is 1.92. The Labute approximate surface area is 62.0 Å². The maximum absolute atomic E-state index is 2.98. The van der Waals surface area contributed by atoms with Gasteiger partial charge in [-0.3, -0.25) is 4.72 Å². The van der Waals surface area contributed by atoms with Crippen LogP contribution in [-0.2, 0) is 0 Å². The predicted octanol–water partition coefficient (Wildman–Crippen LogP) is 2.41. The van der Waals surface area contributed by atoms with E-state index in [0.29, 0.717) is 5.92 Å². The smallest absolute Gasteiger partial charge is 0.00533 e. The SMILES string of the molecule is CCC(C)/C=C\SNC. The molecule has 0 rings (SSSR count). The first-order chi connectivity index (χ1) is 4.31. The van der Waals surface area contributed by atoms with Crippen LogP contribution < -0.4 is 4.72 Å². The van der Waals surface area contributed by atoms with Gasteiger partial charge in [-0.25, -0.2) is 0 Å². The third kappa shape index (κ3) is 5.93. The van der Waals surface area contributed by atoms with Crippen molar-refractivity contribution < 1.29 is 0 Å². The quantitative estimate of drug-likeness (QED) is 0.610. The second kappa shape index (κ2) is 6.17. The van der Waals surface area contributed by atoms with Gasteiger partial charge in [0.2, 0.25) is 0 Å². The molecule has 0 aromatic rings. The summed E-state index contributed by atoms with van der Waals surface area (Å²) in [6, 6.07) is 0. The van der Waals surface area contributed by atoms with Crippen LogP contribution in [-0.4, -0.2) is 7.05 Å². The molecule has 1 unspecified atom stereocenters. The van der Waals surface area contributed by atoms with Crippen LogP contribution in [0.1, 0.15) is 20.3 Å². The molecule has 0 aliphatic rings. The Kier molecular flexibility index (Phi) is 6.21. The Morgan fingerprint density at radius 3 is 2.78 bits per heavy atom. The lowest BCUT2D eigenvalue weighted by Crippen LogP contribution is -1.88. The Hall–Kier alpha value is 0.0500. The van der Waals surface area contributed by atoms with Crippen molar-refractivity contribution in [3.8, 4) is 0 Å². The van der Waals surface area contributed by atoms with Gasteiger partial charge in [0.05, 0.1) is 0 Å². The molecule has 9 heavy (non-hydrogen) atoms. The van der Waals surface area contributed by atoms with Crippen LogP contribution >= 0.6 is 11.9 Å². The van der Waals surface area contributed by atoms with Gasteiger partial charge in [0, 0.05) is 0 Å². The largest absolute Gasteiger partial charge is 0.264 e. The summed E-state index contributed by atoms with van der Waals surface area (Å²) >= 11 is 1.62. The van der Waals surface area contributed by atoms with Crippen LogP contribution in [0.2, 0.25) is 0 Å². The maximum atomic E-state index is 2.98. The third-order valence-corrected chi connectivity index (χ3v) is 1.77. The van der Waals surface area contributed by atoms with Gasteiger partial charge in [-0.2, -0.15) is 0 Å². The van der Waals surface area contributed by atoms with Crippen molar-refractivity contribution in [3.63, 3.8) is 0 Å². The average molecular weight is 145 g/mol. The van der Waals surface area contributed by atoms with Gasteiger partial charge in [-0.05, 0) is 18.4 Å². The van der Waals surface area contributed by atoms with Crippen LogP contribution in [0, 0.1) is 5.92 Å². The molecule has 0 fully saturated rings. The van der Waals surface area contributed by atoms with E-state index in [-0.39, 0.29) is 0 Å². The van der Waals surface area contributed by atoms with Gasteiger partial charge >= 0.3 is 0 Å². The Morgan fingerprint density at radius 2 is 2.33 bits per heavy atom. The van der Waals surface area contributed by atoms with E-state index in [1.165, 1.54) is 6.42 Å². The summed E-state index contributed by atoms with van der Waals surface area (Å²) in [4.78, 5) is 0. The first kappa shape index (κ1) is 9.05. The summed E-state index contributed by atoms with van der Waals surface area (Å²) in [5.41, 5.74) is 0.